The number of nitrogens with zero attached hydrogens (tertiary/aromatic N) is 1. The molecule has 2 aliphatic rings. The fraction of sp³-hybridized carbons (Fsp3) is 0.900. The Kier molecular flexibility index (Phi) is 2.54. The van der Waals surface area contributed by atoms with Crippen LogP contribution < -0.4 is 5.73 Å². The van der Waals surface area contributed by atoms with Crippen molar-refractivity contribution >= 4 is 5.91 Å². The molecular formula is C10H18N2O. The third kappa shape index (κ3) is 1.70. The summed E-state index contributed by atoms with van der Waals surface area (Å²) in [6.07, 6.45) is 7.14. The van der Waals surface area contributed by atoms with Crippen molar-refractivity contribution in [2.45, 2.75) is 50.6 Å². The number of hydrogen-bond acceptors (Lipinski definition) is 2. The zero-order valence-electron chi connectivity index (χ0n) is 8.04. The van der Waals surface area contributed by atoms with Gasteiger partial charge in [0.15, 0.2) is 0 Å². The molecule has 2 fully saturated rings. The van der Waals surface area contributed by atoms with E-state index >= 15 is 0 Å². The predicted octanol–water partition coefficient (Wildman–Crippen LogP) is 0.879. The zero-order valence-corrected chi connectivity index (χ0v) is 8.04. The smallest absolute Gasteiger partial charge is 0.239 e. The first-order chi connectivity index (χ1) is 6.29. The van der Waals surface area contributed by atoms with E-state index in [0.717, 1.165) is 13.0 Å². The number of likely N-dealkylation sites (tertiary alicyclic amines) is 1. The molecule has 1 saturated carbocycles. The Hall–Kier alpha value is -0.570. The predicted molar refractivity (Wildman–Crippen MR) is 51.2 cm³/mol. The third-order valence-electron chi connectivity index (χ3n) is 3.30. The van der Waals surface area contributed by atoms with Gasteiger partial charge in [-0.2, -0.15) is 0 Å². The van der Waals surface area contributed by atoms with E-state index in [1.807, 2.05) is 4.90 Å². The number of amides is 1. The van der Waals surface area contributed by atoms with Gasteiger partial charge >= 0.3 is 0 Å². The molecule has 13 heavy (non-hydrogen) atoms. The summed E-state index contributed by atoms with van der Waals surface area (Å²) in [5.74, 6) is 0.187. The summed E-state index contributed by atoms with van der Waals surface area (Å²) < 4.78 is 0. The summed E-state index contributed by atoms with van der Waals surface area (Å²) in [7, 11) is 0. The van der Waals surface area contributed by atoms with E-state index < -0.39 is 0 Å². The molecule has 0 bridgehead atoms. The molecule has 0 aromatic carbocycles. The first-order valence-electron chi connectivity index (χ1n) is 5.35. The molecule has 2 rings (SSSR count). The van der Waals surface area contributed by atoms with Crippen molar-refractivity contribution in [1.29, 1.82) is 0 Å². The van der Waals surface area contributed by atoms with Gasteiger partial charge in [-0.15, -0.1) is 0 Å². The van der Waals surface area contributed by atoms with Gasteiger partial charge in [-0.25, -0.2) is 0 Å². The normalized spacial score (nSPS) is 31.3. The van der Waals surface area contributed by atoms with Crippen LogP contribution in [0.2, 0.25) is 0 Å². The molecule has 0 spiro atoms. The molecule has 0 aromatic heterocycles. The lowest BCUT2D eigenvalue weighted by Gasteiger charge is -2.31. The zero-order chi connectivity index (χ0) is 9.26. The highest BCUT2D eigenvalue weighted by molar-refractivity contribution is 5.84. The minimum atomic E-state index is -0.207. The van der Waals surface area contributed by atoms with Crippen molar-refractivity contribution in [1.82, 2.24) is 4.90 Å². The molecule has 1 unspecified atom stereocenters. The molecule has 0 radical (unpaired) electrons. The molecule has 1 aliphatic carbocycles. The Bertz CT molecular complexity index is 199. The maximum absolute atomic E-state index is 11.6. The molecule has 3 nitrogen and oxygen atoms in total. The standard InChI is InChI=1S/C10H18N2O/c11-9-6-7-12(10(9)13)8-4-2-1-3-5-8/h8-9H,1-7,11H2. The van der Waals surface area contributed by atoms with Crippen LogP contribution in [0.25, 0.3) is 0 Å². The lowest BCUT2D eigenvalue weighted by Crippen LogP contribution is -2.41. The fourth-order valence-electron chi connectivity index (χ4n) is 2.48. The van der Waals surface area contributed by atoms with E-state index in [0.29, 0.717) is 6.04 Å². The highest BCUT2D eigenvalue weighted by atomic mass is 16.2. The van der Waals surface area contributed by atoms with Gasteiger partial charge in [0.05, 0.1) is 6.04 Å². The number of hydrogen-bond donors (Lipinski definition) is 1. The van der Waals surface area contributed by atoms with Crippen LogP contribution in [-0.4, -0.2) is 29.4 Å². The molecule has 74 valence electrons. The van der Waals surface area contributed by atoms with Gasteiger partial charge < -0.3 is 10.6 Å². The summed E-state index contributed by atoms with van der Waals surface area (Å²) >= 11 is 0. The minimum absolute atomic E-state index is 0.187. The monoisotopic (exact) mass is 182 g/mol. The van der Waals surface area contributed by atoms with E-state index in [2.05, 4.69) is 0 Å². The van der Waals surface area contributed by atoms with E-state index in [9.17, 15) is 4.79 Å². The summed E-state index contributed by atoms with van der Waals surface area (Å²) in [5.41, 5.74) is 5.68. The second kappa shape index (κ2) is 3.66. The highest BCUT2D eigenvalue weighted by Crippen LogP contribution is 2.25. The van der Waals surface area contributed by atoms with Gasteiger partial charge in [-0.3, -0.25) is 4.79 Å². The Morgan fingerprint density at radius 3 is 2.38 bits per heavy atom. The van der Waals surface area contributed by atoms with E-state index in [1.54, 1.807) is 0 Å². The van der Waals surface area contributed by atoms with E-state index in [1.165, 1.54) is 32.1 Å². The molecule has 0 aromatic rings. The van der Waals surface area contributed by atoms with Gasteiger partial charge in [0, 0.05) is 12.6 Å². The van der Waals surface area contributed by atoms with Crippen molar-refractivity contribution in [2.75, 3.05) is 6.54 Å². The average molecular weight is 182 g/mol. The molecule has 1 saturated heterocycles. The summed E-state index contributed by atoms with van der Waals surface area (Å²) in [5, 5.41) is 0. The van der Waals surface area contributed by atoms with Crippen LogP contribution in [0, 0.1) is 0 Å². The topological polar surface area (TPSA) is 46.3 Å². The van der Waals surface area contributed by atoms with Crippen molar-refractivity contribution in [2.24, 2.45) is 5.73 Å². The van der Waals surface area contributed by atoms with E-state index in [-0.39, 0.29) is 11.9 Å². The molecule has 1 atom stereocenters. The van der Waals surface area contributed by atoms with Crippen LogP contribution in [0.15, 0.2) is 0 Å². The fourth-order valence-corrected chi connectivity index (χ4v) is 2.48. The van der Waals surface area contributed by atoms with Crippen LogP contribution in [0.3, 0.4) is 0 Å². The first-order valence-corrected chi connectivity index (χ1v) is 5.35. The maximum Gasteiger partial charge on any atom is 0.239 e. The quantitative estimate of drug-likeness (QED) is 0.654. The largest absolute Gasteiger partial charge is 0.338 e. The Morgan fingerprint density at radius 1 is 1.15 bits per heavy atom. The number of nitrogens with two attached hydrogens (primary N) is 1. The van der Waals surface area contributed by atoms with Crippen LogP contribution in [0.1, 0.15) is 38.5 Å². The molecule has 1 amide bonds. The number of carbonyl (C=O) groups excluding carboxylic acids is 1. The van der Waals surface area contributed by atoms with Gasteiger partial charge in [0.25, 0.3) is 0 Å². The second-order valence-corrected chi connectivity index (χ2v) is 4.22. The third-order valence-corrected chi connectivity index (χ3v) is 3.30. The number of carbonyl (C=O) groups is 1. The van der Waals surface area contributed by atoms with Crippen molar-refractivity contribution < 1.29 is 4.79 Å². The SMILES string of the molecule is NC1CCN(C2CCCCC2)C1=O. The highest BCUT2D eigenvalue weighted by Gasteiger charge is 2.33. The Morgan fingerprint density at radius 2 is 1.85 bits per heavy atom. The molecule has 3 heteroatoms. The van der Waals surface area contributed by atoms with Crippen molar-refractivity contribution in [3.63, 3.8) is 0 Å². The van der Waals surface area contributed by atoms with Crippen LogP contribution in [0.4, 0.5) is 0 Å². The van der Waals surface area contributed by atoms with Gasteiger partial charge in [-0.05, 0) is 19.3 Å². The van der Waals surface area contributed by atoms with Crippen molar-refractivity contribution in [3.8, 4) is 0 Å². The lowest BCUT2D eigenvalue weighted by molar-refractivity contribution is -0.131. The summed E-state index contributed by atoms with van der Waals surface area (Å²) in [4.78, 5) is 13.6. The van der Waals surface area contributed by atoms with Gasteiger partial charge in [0.2, 0.25) is 5.91 Å². The first kappa shape index (κ1) is 9.00. The van der Waals surface area contributed by atoms with Crippen LogP contribution >= 0.6 is 0 Å². The second-order valence-electron chi connectivity index (χ2n) is 4.22. The molecule has 1 aliphatic heterocycles. The van der Waals surface area contributed by atoms with Gasteiger partial charge in [-0.1, -0.05) is 19.3 Å². The van der Waals surface area contributed by atoms with Crippen LogP contribution in [0.5, 0.6) is 0 Å². The molecular weight excluding hydrogens is 164 g/mol. The van der Waals surface area contributed by atoms with Gasteiger partial charge in [0.1, 0.15) is 0 Å². The minimum Gasteiger partial charge on any atom is -0.338 e. The number of rotatable bonds is 1. The van der Waals surface area contributed by atoms with Crippen LogP contribution in [-0.2, 0) is 4.79 Å². The summed E-state index contributed by atoms with van der Waals surface area (Å²) in [6.45, 7) is 0.894. The van der Waals surface area contributed by atoms with E-state index in [4.69, 9.17) is 5.73 Å². The summed E-state index contributed by atoms with van der Waals surface area (Å²) in [6, 6.07) is 0.303. The van der Waals surface area contributed by atoms with Crippen molar-refractivity contribution in [3.05, 3.63) is 0 Å². The Balaban J connectivity index is 1.96. The molecule has 1 heterocycles. The Labute approximate surface area is 79.3 Å². The lowest BCUT2D eigenvalue weighted by atomic mass is 9.94. The molecule has 2 N–H and O–H groups in total. The average Bonchev–Trinajstić information content (AvgIpc) is 2.49. The maximum atomic E-state index is 11.6.